The van der Waals surface area contributed by atoms with E-state index in [0.717, 1.165) is 16.3 Å². The Morgan fingerprint density at radius 3 is 2.36 bits per heavy atom. The number of aromatic nitrogens is 1. The number of sulfonamides is 1. The fourth-order valence-corrected chi connectivity index (χ4v) is 4.21. The number of hydrogen-bond donors (Lipinski definition) is 2. The second-order valence-electron chi connectivity index (χ2n) is 6.61. The standard InChI is InChI=1S/C20H21N3O3S2/c1-3-20(2,23-18(24)15-7-5-4-6-8-15)19-22-17(13-27-19)14-9-11-16(12-10-14)28(21,25)26/h4-13H,3H2,1-2H3,(H,23,24)(H2,21,25,26)/t20-/m1/s1. The van der Waals surface area contributed by atoms with E-state index < -0.39 is 15.6 Å². The van der Waals surface area contributed by atoms with Gasteiger partial charge in [-0.1, -0.05) is 37.3 Å². The van der Waals surface area contributed by atoms with Crippen molar-refractivity contribution in [2.45, 2.75) is 30.7 Å². The molecule has 0 saturated carbocycles. The lowest BCUT2D eigenvalue weighted by Crippen LogP contribution is -2.43. The van der Waals surface area contributed by atoms with Gasteiger partial charge >= 0.3 is 0 Å². The maximum atomic E-state index is 12.6. The van der Waals surface area contributed by atoms with Crippen molar-refractivity contribution in [2.75, 3.05) is 0 Å². The number of thiazole rings is 1. The molecule has 2 aromatic carbocycles. The molecule has 0 bridgehead atoms. The summed E-state index contributed by atoms with van der Waals surface area (Å²) in [6, 6.07) is 15.3. The topological polar surface area (TPSA) is 102 Å². The summed E-state index contributed by atoms with van der Waals surface area (Å²) in [4.78, 5) is 17.3. The molecule has 1 aromatic heterocycles. The second-order valence-corrected chi connectivity index (χ2v) is 9.03. The van der Waals surface area contributed by atoms with Crippen molar-refractivity contribution in [3.63, 3.8) is 0 Å². The van der Waals surface area contributed by atoms with E-state index in [1.807, 2.05) is 37.4 Å². The molecule has 3 N–H and O–H groups in total. The number of hydrogen-bond acceptors (Lipinski definition) is 5. The summed E-state index contributed by atoms with van der Waals surface area (Å²) in [5, 5.41) is 10.9. The van der Waals surface area contributed by atoms with Crippen LogP contribution in [-0.4, -0.2) is 19.3 Å². The molecule has 3 aromatic rings. The Labute approximate surface area is 168 Å². The molecule has 0 aliphatic carbocycles. The minimum atomic E-state index is -3.73. The average molecular weight is 416 g/mol. The third-order valence-corrected chi connectivity index (χ3v) is 6.62. The molecule has 6 nitrogen and oxygen atoms in total. The Hall–Kier alpha value is -2.55. The van der Waals surface area contributed by atoms with Crippen molar-refractivity contribution >= 4 is 27.3 Å². The molecule has 0 aliphatic heterocycles. The summed E-state index contributed by atoms with van der Waals surface area (Å²) in [5.41, 5.74) is 1.48. The monoisotopic (exact) mass is 415 g/mol. The van der Waals surface area contributed by atoms with Gasteiger partial charge in [0.1, 0.15) is 5.01 Å². The van der Waals surface area contributed by atoms with Gasteiger partial charge in [-0.3, -0.25) is 4.79 Å². The number of benzene rings is 2. The molecule has 0 aliphatic rings. The van der Waals surface area contributed by atoms with Gasteiger partial charge in [0.05, 0.1) is 16.1 Å². The summed E-state index contributed by atoms with van der Waals surface area (Å²) in [5.74, 6) is -0.154. The van der Waals surface area contributed by atoms with Gasteiger partial charge in [-0.25, -0.2) is 18.5 Å². The minimum Gasteiger partial charge on any atom is -0.340 e. The Bertz CT molecular complexity index is 1080. The maximum absolute atomic E-state index is 12.6. The van der Waals surface area contributed by atoms with E-state index in [9.17, 15) is 13.2 Å². The van der Waals surface area contributed by atoms with Gasteiger partial charge < -0.3 is 5.32 Å². The number of primary sulfonamides is 1. The zero-order chi connectivity index (χ0) is 20.4. The van der Waals surface area contributed by atoms with Crippen LogP contribution in [0, 0.1) is 0 Å². The van der Waals surface area contributed by atoms with Crippen molar-refractivity contribution in [3.05, 3.63) is 70.5 Å². The summed E-state index contributed by atoms with van der Waals surface area (Å²) in [7, 11) is -3.73. The lowest BCUT2D eigenvalue weighted by molar-refractivity contribution is 0.0902. The number of nitrogens with two attached hydrogens (primary N) is 1. The van der Waals surface area contributed by atoms with E-state index in [1.165, 1.54) is 23.5 Å². The quantitative estimate of drug-likeness (QED) is 0.643. The zero-order valence-electron chi connectivity index (χ0n) is 15.5. The Morgan fingerprint density at radius 2 is 1.79 bits per heavy atom. The fourth-order valence-electron chi connectivity index (χ4n) is 2.68. The number of nitrogens with zero attached hydrogens (tertiary/aromatic N) is 1. The van der Waals surface area contributed by atoms with Crippen LogP contribution in [0.15, 0.2) is 64.9 Å². The highest BCUT2D eigenvalue weighted by molar-refractivity contribution is 7.89. The molecule has 28 heavy (non-hydrogen) atoms. The first-order valence-electron chi connectivity index (χ1n) is 8.70. The average Bonchev–Trinajstić information content (AvgIpc) is 3.19. The van der Waals surface area contributed by atoms with Crippen molar-refractivity contribution in [1.82, 2.24) is 10.3 Å². The number of carbonyl (C=O) groups excluding carboxylic acids is 1. The van der Waals surface area contributed by atoms with Crippen molar-refractivity contribution in [3.8, 4) is 11.3 Å². The van der Waals surface area contributed by atoms with Gasteiger partial charge in [-0.15, -0.1) is 11.3 Å². The Kier molecular flexibility index (Phi) is 5.64. The van der Waals surface area contributed by atoms with Crippen molar-refractivity contribution in [2.24, 2.45) is 5.14 Å². The molecule has 3 rings (SSSR count). The van der Waals surface area contributed by atoms with Crippen LogP contribution in [-0.2, 0) is 15.6 Å². The van der Waals surface area contributed by atoms with Crippen molar-refractivity contribution < 1.29 is 13.2 Å². The minimum absolute atomic E-state index is 0.0558. The third-order valence-electron chi connectivity index (χ3n) is 4.59. The normalized spacial score (nSPS) is 13.7. The predicted molar refractivity (Wildman–Crippen MR) is 110 cm³/mol. The first kappa shape index (κ1) is 20.2. The second kappa shape index (κ2) is 7.83. The predicted octanol–water partition coefficient (Wildman–Crippen LogP) is 3.51. The van der Waals surface area contributed by atoms with Crippen LogP contribution < -0.4 is 10.5 Å². The summed E-state index contributed by atoms with van der Waals surface area (Å²) >= 11 is 1.45. The van der Waals surface area contributed by atoms with Crippen LogP contribution in [0.3, 0.4) is 0 Å². The number of nitrogens with one attached hydrogen (secondary N) is 1. The van der Waals surface area contributed by atoms with E-state index in [0.29, 0.717) is 12.0 Å². The highest BCUT2D eigenvalue weighted by atomic mass is 32.2. The zero-order valence-corrected chi connectivity index (χ0v) is 17.2. The highest BCUT2D eigenvalue weighted by Gasteiger charge is 2.30. The molecule has 1 atom stereocenters. The number of carbonyl (C=O) groups is 1. The molecular formula is C20H21N3O3S2. The van der Waals surface area contributed by atoms with Gasteiger partial charge in [0.15, 0.2) is 0 Å². The summed E-state index contributed by atoms with van der Waals surface area (Å²) in [6.07, 6.45) is 0.670. The van der Waals surface area contributed by atoms with Gasteiger partial charge in [0.2, 0.25) is 10.0 Å². The van der Waals surface area contributed by atoms with Crippen LogP contribution in [0.2, 0.25) is 0 Å². The van der Waals surface area contributed by atoms with Crippen LogP contribution in [0.1, 0.15) is 35.6 Å². The van der Waals surface area contributed by atoms with Crippen molar-refractivity contribution in [1.29, 1.82) is 0 Å². The van der Waals surface area contributed by atoms with Gasteiger partial charge in [-0.2, -0.15) is 0 Å². The van der Waals surface area contributed by atoms with E-state index in [2.05, 4.69) is 10.3 Å². The van der Waals surface area contributed by atoms with Crippen LogP contribution in [0.5, 0.6) is 0 Å². The molecule has 0 unspecified atom stereocenters. The molecule has 1 amide bonds. The van der Waals surface area contributed by atoms with Crippen LogP contribution in [0.4, 0.5) is 0 Å². The molecule has 1 heterocycles. The molecule has 0 spiro atoms. The molecule has 0 saturated heterocycles. The Balaban J connectivity index is 1.85. The van der Waals surface area contributed by atoms with Gasteiger partial charge in [-0.05, 0) is 37.6 Å². The first-order chi connectivity index (χ1) is 13.2. The smallest absolute Gasteiger partial charge is 0.252 e. The summed E-state index contributed by atoms with van der Waals surface area (Å²) < 4.78 is 22.8. The van der Waals surface area contributed by atoms with E-state index in [-0.39, 0.29) is 10.8 Å². The lowest BCUT2D eigenvalue weighted by Gasteiger charge is -2.27. The molecule has 0 fully saturated rings. The molecule has 8 heteroatoms. The molecule has 146 valence electrons. The largest absolute Gasteiger partial charge is 0.340 e. The number of rotatable bonds is 6. The highest BCUT2D eigenvalue weighted by Crippen LogP contribution is 2.31. The van der Waals surface area contributed by atoms with Crippen LogP contribution >= 0.6 is 11.3 Å². The molecular weight excluding hydrogens is 394 g/mol. The summed E-state index contributed by atoms with van der Waals surface area (Å²) in [6.45, 7) is 3.94. The van der Waals surface area contributed by atoms with E-state index >= 15 is 0 Å². The first-order valence-corrected chi connectivity index (χ1v) is 11.1. The van der Waals surface area contributed by atoms with Gasteiger partial charge in [0.25, 0.3) is 5.91 Å². The fraction of sp³-hybridized carbons (Fsp3) is 0.200. The number of amides is 1. The van der Waals surface area contributed by atoms with Crippen LogP contribution in [0.25, 0.3) is 11.3 Å². The SMILES string of the molecule is CC[C@@](C)(NC(=O)c1ccccc1)c1nc(-c2ccc(S(N)(=O)=O)cc2)cs1. The maximum Gasteiger partial charge on any atom is 0.252 e. The lowest BCUT2D eigenvalue weighted by atomic mass is 9.99. The van der Waals surface area contributed by atoms with E-state index in [4.69, 9.17) is 5.14 Å². The Morgan fingerprint density at radius 1 is 1.14 bits per heavy atom. The van der Waals surface area contributed by atoms with E-state index in [1.54, 1.807) is 24.3 Å². The molecule has 0 radical (unpaired) electrons. The van der Waals surface area contributed by atoms with Gasteiger partial charge in [0, 0.05) is 16.5 Å². The third kappa shape index (κ3) is 4.30.